The normalized spacial score (nSPS) is 20.9. The number of fused-ring (bicyclic) bond motifs is 1. The molecule has 3 nitrogen and oxygen atoms in total. The Bertz CT molecular complexity index is 522. The number of nitrogens with one attached hydrogen (secondary N) is 1. The molecule has 3 rings (SSSR count). The molecule has 17 heavy (non-hydrogen) atoms. The molecular formula is C12H13BrN2OS. The van der Waals surface area contributed by atoms with Gasteiger partial charge in [0.05, 0.1) is 27.9 Å². The fourth-order valence-corrected chi connectivity index (χ4v) is 3.34. The number of hydrogen-bond acceptors (Lipinski definition) is 4. The Hall–Kier alpha value is -0.490. The van der Waals surface area contributed by atoms with E-state index >= 15 is 0 Å². The maximum atomic E-state index is 5.70. The Morgan fingerprint density at radius 1 is 1.53 bits per heavy atom. The molecule has 1 aliphatic heterocycles. The first-order valence-electron chi connectivity index (χ1n) is 5.68. The number of ether oxygens (including phenoxy) is 1. The standard InChI is InChI=1S/C12H13BrN2OS/c13-8-1-2-11-10(5-8)15-12(17-11)6-9-7-14-3-4-16-9/h1-2,5,9,14H,3-4,6-7H2. The summed E-state index contributed by atoms with van der Waals surface area (Å²) in [5.74, 6) is 0. The monoisotopic (exact) mass is 312 g/mol. The van der Waals surface area contributed by atoms with Crippen LogP contribution in [0.4, 0.5) is 0 Å². The van der Waals surface area contributed by atoms with Gasteiger partial charge in [-0.05, 0) is 18.2 Å². The molecule has 1 N–H and O–H groups in total. The number of nitrogens with zero attached hydrogens (tertiary/aromatic N) is 1. The van der Waals surface area contributed by atoms with Crippen molar-refractivity contribution in [3.05, 3.63) is 27.7 Å². The molecule has 1 saturated heterocycles. The van der Waals surface area contributed by atoms with Crippen molar-refractivity contribution in [1.29, 1.82) is 0 Å². The van der Waals surface area contributed by atoms with Crippen LogP contribution in [-0.2, 0) is 11.2 Å². The van der Waals surface area contributed by atoms with E-state index in [9.17, 15) is 0 Å². The van der Waals surface area contributed by atoms with Crippen molar-refractivity contribution in [2.24, 2.45) is 0 Å². The molecule has 0 saturated carbocycles. The molecule has 0 spiro atoms. The van der Waals surface area contributed by atoms with Crippen LogP contribution in [0, 0.1) is 0 Å². The van der Waals surface area contributed by atoms with Crippen molar-refractivity contribution < 1.29 is 4.74 Å². The third-order valence-corrected chi connectivity index (χ3v) is 4.35. The van der Waals surface area contributed by atoms with Crippen molar-refractivity contribution in [3.8, 4) is 0 Å². The first-order valence-corrected chi connectivity index (χ1v) is 7.29. The van der Waals surface area contributed by atoms with Crippen LogP contribution in [0.2, 0.25) is 0 Å². The Morgan fingerprint density at radius 2 is 2.47 bits per heavy atom. The van der Waals surface area contributed by atoms with Gasteiger partial charge in [-0.1, -0.05) is 15.9 Å². The number of halogens is 1. The average molecular weight is 313 g/mol. The summed E-state index contributed by atoms with van der Waals surface area (Å²) in [5, 5.41) is 4.50. The van der Waals surface area contributed by atoms with E-state index in [1.165, 1.54) is 4.70 Å². The number of rotatable bonds is 2. The van der Waals surface area contributed by atoms with E-state index in [0.717, 1.165) is 41.1 Å². The second-order valence-electron chi connectivity index (χ2n) is 4.12. The molecule has 1 aliphatic rings. The van der Waals surface area contributed by atoms with Gasteiger partial charge in [-0.2, -0.15) is 0 Å². The van der Waals surface area contributed by atoms with Gasteiger partial charge in [0.2, 0.25) is 0 Å². The summed E-state index contributed by atoms with van der Waals surface area (Å²) in [5.41, 5.74) is 1.07. The van der Waals surface area contributed by atoms with E-state index in [2.05, 4.69) is 44.4 Å². The first-order chi connectivity index (χ1) is 8.31. The quantitative estimate of drug-likeness (QED) is 0.925. The SMILES string of the molecule is Brc1ccc2sc(CC3CNCCO3)nc2c1. The lowest BCUT2D eigenvalue weighted by Gasteiger charge is -2.22. The number of thiazole rings is 1. The Labute approximate surface area is 112 Å². The van der Waals surface area contributed by atoms with Gasteiger partial charge in [0.25, 0.3) is 0 Å². The second-order valence-corrected chi connectivity index (χ2v) is 6.15. The molecule has 0 aliphatic carbocycles. The maximum absolute atomic E-state index is 5.70. The zero-order chi connectivity index (χ0) is 11.7. The van der Waals surface area contributed by atoms with E-state index < -0.39 is 0 Å². The Kier molecular flexibility index (Phi) is 3.42. The lowest BCUT2D eigenvalue weighted by Crippen LogP contribution is -2.39. The summed E-state index contributed by atoms with van der Waals surface area (Å²) in [6, 6.07) is 6.23. The minimum Gasteiger partial charge on any atom is -0.375 e. The summed E-state index contributed by atoms with van der Waals surface area (Å²) < 4.78 is 8.02. The molecule has 2 heterocycles. The number of hydrogen-bond donors (Lipinski definition) is 1. The van der Waals surface area contributed by atoms with Gasteiger partial charge in [0.1, 0.15) is 0 Å². The van der Waals surface area contributed by atoms with Gasteiger partial charge in [0.15, 0.2) is 0 Å². The van der Waals surface area contributed by atoms with E-state index in [4.69, 9.17) is 4.74 Å². The van der Waals surface area contributed by atoms with E-state index in [0.29, 0.717) is 0 Å². The van der Waals surface area contributed by atoms with Crippen LogP contribution in [0.15, 0.2) is 22.7 Å². The summed E-state index contributed by atoms with van der Waals surface area (Å²) in [7, 11) is 0. The number of aromatic nitrogens is 1. The van der Waals surface area contributed by atoms with Crippen LogP contribution < -0.4 is 5.32 Å². The van der Waals surface area contributed by atoms with Crippen LogP contribution in [0.3, 0.4) is 0 Å². The number of morpholine rings is 1. The van der Waals surface area contributed by atoms with Crippen molar-refractivity contribution in [2.75, 3.05) is 19.7 Å². The highest BCUT2D eigenvalue weighted by Crippen LogP contribution is 2.26. The zero-order valence-electron chi connectivity index (χ0n) is 9.28. The summed E-state index contributed by atoms with van der Waals surface area (Å²) in [6.45, 7) is 2.70. The highest BCUT2D eigenvalue weighted by Gasteiger charge is 2.16. The Balaban J connectivity index is 1.80. The molecule has 0 amide bonds. The smallest absolute Gasteiger partial charge is 0.0964 e. The average Bonchev–Trinajstić information content (AvgIpc) is 2.71. The van der Waals surface area contributed by atoms with Crippen molar-refractivity contribution in [1.82, 2.24) is 10.3 Å². The summed E-state index contributed by atoms with van der Waals surface area (Å²) >= 11 is 5.23. The molecule has 5 heteroatoms. The van der Waals surface area contributed by atoms with Crippen LogP contribution in [-0.4, -0.2) is 30.8 Å². The molecule has 90 valence electrons. The Morgan fingerprint density at radius 3 is 3.29 bits per heavy atom. The molecule has 0 bridgehead atoms. The first kappa shape index (κ1) is 11.6. The molecule has 0 radical (unpaired) electrons. The zero-order valence-corrected chi connectivity index (χ0v) is 11.7. The largest absolute Gasteiger partial charge is 0.375 e. The second kappa shape index (κ2) is 5.02. The summed E-state index contributed by atoms with van der Waals surface area (Å²) in [4.78, 5) is 4.65. The van der Waals surface area contributed by atoms with Gasteiger partial charge in [-0.15, -0.1) is 11.3 Å². The summed E-state index contributed by atoms with van der Waals surface area (Å²) in [6.07, 6.45) is 1.18. The van der Waals surface area contributed by atoms with E-state index in [-0.39, 0.29) is 6.10 Å². The van der Waals surface area contributed by atoms with Crippen molar-refractivity contribution in [2.45, 2.75) is 12.5 Å². The predicted molar refractivity (Wildman–Crippen MR) is 73.6 cm³/mol. The van der Waals surface area contributed by atoms with Crippen LogP contribution in [0.5, 0.6) is 0 Å². The fraction of sp³-hybridized carbons (Fsp3) is 0.417. The molecule has 2 aromatic rings. The lowest BCUT2D eigenvalue weighted by atomic mass is 10.2. The molecule has 1 aromatic heterocycles. The molecule has 1 aromatic carbocycles. The van der Waals surface area contributed by atoms with Crippen molar-refractivity contribution >= 4 is 37.5 Å². The minimum absolute atomic E-state index is 0.271. The maximum Gasteiger partial charge on any atom is 0.0964 e. The molecule has 1 unspecified atom stereocenters. The van der Waals surface area contributed by atoms with Crippen LogP contribution >= 0.6 is 27.3 Å². The third kappa shape index (κ3) is 2.68. The van der Waals surface area contributed by atoms with Crippen molar-refractivity contribution in [3.63, 3.8) is 0 Å². The highest BCUT2D eigenvalue weighted by molar-refractivity contribution is 9.10. The third-order valence-electron chi connectivity index (χ3n) is 2.80. The molecule has 1 atom stereocenters. The molecular weight excluding hydrogens is 300 g/mol. The van der Waals surface area contributed by atoms with Gasteiger partial charge in [0, 0.05) is 24.0 Å². The topological polar surface area (TPSA) is 34.1 Å². The fourth-order valence-electron chi connectivity index (χ4n) is 1.98. The van der Waals surface area contributed by atoms with Gasteiger partial charge in [-0.3, -0.25) is 0 Å². The van der Waals surface area contributed by atoms with E-state index in [1.807, 2.05) is 0 Å². The van der Waals surface area contributed by atoms with Crippen LogP contribution in [0.25, 0.3) is 10.2 Å². The predicted octanol–water partition coefficient (Wildman–Crippen LogP) is 2.59. The highest BCUT2D eigenvalue weighted by atomic mass is 79.9. The van der Waals surface area contributed by atoms with Gasteiger partial charge < -0.3 is 10.1 Å². The molecule has 1 fully saturated rings. The lowest BCUT2D eigenvalue weighted by molar-refractivity contribution is 0.0292. The van der Waals surface area contributed by atoms with Gasteiger partial charge >= 0.3 is 0 Å². The van der Waals surface area contributed by atoms with Gasteiger partial charge in [-0.25, -0.2) is 4.98 Å². The van der Waals surface area contributed by atoms with Crippen LogP contribution in [0.1, 0.15) is 5.01 Å². The minimum atomic E-state index is 0.271. The number of benzene rings is 1. The van der Waals surface area contributed by atoms with E-state index in [1.54, 1.807) is 11.3 Å².